The molecule has 0 saturated carbocycles. The van der Waals surface area contributed by atoms with Crippen molar-refractivity contribution in [2.75, 3.05) is 19.7 Å². The number of nitrogens with zero attached hydrogens (tertiary/aromatic N) is 1. The average molecular weight is 373 g/mol. The van der Waals surface area contributed by atoms with Gasteiger partial charge in [-0.25, -0.2) is 4.79 Å². The van der Waals surface area contributed by atoms with Gasteiger partial charge in [-0.1, -0.05) is 13.3 Å². The molecule has 1 aromatic heterocycles. The Labute approximate surface area is 138 Å². The first-order valence-corrected chi connectivity index (χ1v) is 8.37. The van der Waals surface area contributed by atoms with Gasteiger partial charge < -0.3 is 19.4 Å². The molecule has 1 aliphatic rings. The number of carbonyl (C=O) groups is 2. The molecule has 0 atom stereocenters. The molecule has 2 amide bonds. The number of carbonyl (C=O) groups excluding carboxylic acids is 2. The Morgan fingerprint density at radius 3 is 2.73 bits per heavy atom. The van der Waals surface area contributed by atoms with Gasteiger partial charge in [0.05, 0.1) is 6.61 Å². The molecule has 2 heterocycles. The summed E-state index contributed by atoms with van der Waals surface area (Å²) in [6, 6.07) is 3.41. The number of halogens is 1. The summed E-state index contributed by atoms with van der Waals surface area (Å²) >= 11 is 3.19. The minimum absolute atomic E-state index is 0.0570. The number of rotatable bonds is 5. The third-order valence-electron chi connectivity index (χ3n) is 3.62. The molecule has 6 nitrogen and oxygen atoms in total. The number of amides is 2. The van der Waals surface area contributed by atoms with E-state index in [9.17, 15) is 9.59 Å². The van der Waals surface area contributed by atoms with Crippen LogP contribution in [-0.2, 0) is 4.74 Å². The van der Waals surface area contributed by atoms with Gasteiger partial charge in [-0.05, 0) is 47.3 Å². The second kappa shape index (κ2) is 8.22. The Kier molecular flexibility index (Phi) is 6.30. The van der Waals surface area contributed by atoms with Crippen LogP contribution in [0.15, 0.2) is 21.2 Å². The van der Waals surface area contributed by atoms with Gasteiger partial charge in [0.15, 0.2) is 10.4 Å². The molecular formula is C15H21BrN2O4. The summed E-state index contributed by atoms with van der Waals surface area (Å²) in [6.07, 6.45) is 2.94. The second-order valence-corrected chi connectivity index (χ2v) is 6.09. The van der Waals surface area contributed by atoms with Gasteiger partial charge in [0.1, 0.15) is 0 Å². The molecule has 0 radical (unpaired) electrons. The Balaban J connectivity index is 1.73. The van der Waals surface area contributed by atoms with Gasteiger partial charge in [0.25, 0.3) is 5.91 Å². The van der Waals surface area contributed by atoms with Crippen LogP contribution in [0.3, 0.4) is 0 Å². The highest BCUT2D eigenvalue weighted by Gasteiger charge is 2.26. The van der Waals surface area contributed by atoms with E-state index in [0.717, 1.165) is 25.7 Å². The Hall–Kier alpha value is -1.50. The molecule has 1 N–H and O–H groups in total. The number of likely N-dealkylation sites (tertiary alicyclic amines) is 1. The predicted molar refractivity (Wildman–Crippen MR) is 84.7 cm³/mol. The number of nitrogens with one attached hydrogen (secondary N) is 1. The minimum Gasteiger partial charge on any atom is -0.450 e. The van der Waals surface area contributed by atoms with E-state index in [2.05, 4.69) is 21.2 Å². The first-order chi connectivity index (χ1) is 10.6. The molecule has 122 valence electrons. The molecule has 0 bridgehead atoms. The van der Waals surface area contributed by atoms with Crippen molar-refractivity contribution in [3.63, 3.8) is 0 Å². The van der Waals surface area contributed by atoms with Crippen molar-refractivity contribution in [1.29, 1.82) is 0 Å². The lowest BCUT2D eigenvalue weighted by molar-refractivity contribution is 0.0668. The average Bonchev–Trinajstić information content (AvgIpc) is 2.94. The maximum absolute atomic E-state index is 12.2. The second-order valence-electron chi connectivity index (χ2n) is 5.30. The van der Waals surface area contributed by atoms with Crippen LogP contribution < -0.4 is 5.32 Å². The quantitative estimate of drug-likeness (QED) is 0.805. The molecule has 1 fully saturated rings. The van der Waals surface area contributed by atoms with Crippen LogP contribution in [0.2, 0.25) is 0 Å². The number of alkyl carbamates (subject to hydrolysis) is 1. The maximum atomic E-state index is 12.2. The van der Waals surface area contributed by atoms with Crippen molar-refractivity contribution < 1.29 is 18.7 Å². The zero-order chi connectivity index (χ0) is 15.9. The smallest absolute Gasteiger partial charge is 0.407 e. The topological polar surface area (TPSA) is 71.8 Å². The van der Waals surface area contributed by atoms with Crippen molar-refractivity contribution in [1.82, 2.24) is 10.2 Å². The third-order valence-corrected chi connectivity index (χ3v) is 4.05. The largest absolute Gasteiger partial charge is 0.450 e. The third kappa shape index (κ3) is 4.76. The first-order valence-electron chi connectivity index (χ1n) is 7.58. The van der Waals surface area contributed by atoms with Crippen LogP contribution in [0.1, 0.15) is 43.2 Å². The van der Waals surface area contributed by atoms with Crippen LogP contribution in [0.5, 0.6) is 0 Å². The number of piperidine rings is 1. The summed E-state index contributed by atoms with van der Waals surface area (Å²) in [6.45, 7) is 3.69. The Morgan fingerprint density at radius 2 is 2.14 bits per heavy atom. The number of unbranched alkanes of at least 4 members (excludes halogenated alkanes) is 1. The highest BCUT2D eigenvalue weighted by molar-refractivity contribution is 9.10. The first kappa shape index (κ1) is 16.9. The molecule has 0 unspecified atom stereocenters. The minimum atomic E-state index is -0.367. The van der Waals surface area contributed by atoms with E-state index >= 15 is 0 Å². The Bertz CT molecular complexity index is 509. The van der Waals surface area contributed by atoms with Crippen molar-refractivity contribution in [2.24, 2.45) is 0 Å². The zero-order valence-corrected chi connectivity index (χ0v) is 14.2. The standard InChI is InChI=1S/C15H21BrN2O4/c1-2-3-10-21-15(20)17-11-6-8-18(9-7-11)14(19)12-4-5-13(16)22-12/h4-5,11H,2-3,6-10H2,1H3,(H,17,20). The summed E-state index contributed by atoms with van der Waals surface area (Å²) < 4.78 is 10.9. The van der Waals surface area contributed by atoms with Gasteiger partial charge in [-0.15, -0.1) is 0 Å². The molecule has 1 aromatic rings. The van der Waals surface area contributed by atoms with Gasteiger partial charge in [0, 0.05) is 19.1 Å². The molecule has 0 aliphatic carbocycles. The van der Waals surface area contributed by atoms with Crippen LogP contribution in [-0.4, -0.2) is 42.6 Å². The maximum Gasteiger partial charge on any atom is 0.407 e. The SMILES string of the molecule is CCCCOC(=O)NC1CCN(C(=O)c2ccc(Br)o2)CC1. The number of furan rings is 1. The summed E-state index contributed by atoms with van der Waals surface area (Å²) in [5.74, 6) is 0.215. The van der Waals surface area contributed by atoms with E-state index in [1.165, 1.54) is 0 Å². The lowest BCUT2D eigenvalue weighted by atomic mass is 10.1. The number of hydrogen-bond acceptors (Lipinski definition) is 4. The van der Waals surface area contributed by atoms with Gasteiger partial charge >= 0.3 is 6.09 Å². The van der Waals surface area contributed by atoms with Crippen molar-refractivity contribution >= 4 is 27.9 Å². The van der Waals surface area contributed by atoms with E-state index in [-0.39, 0.29) is 18.0 Å². The number of ether oxygens (including phenoxy) is 1. The summed E-state index contributed by atoms with van der Waals surface area (Å²) in [5.41, 5.74) is 0. The van der Waals surface area contributed by atoms with E-state index < -0.39 is 0 Å². The van der Waals surface area contributed by atoms with Crippen LogP contribution in [0.25, 0.3) is 0 Å². The highest BCUT2D eigenvalue weighted by Crippen LogP contribution is 2.18. The van der Waals surface area contributed by atoms with Gasteiger partial charge in [-0.2, -0.15) is 0 Å². The molecule has 0 spiro atoms. The fraction of sp³-hybridized carbons (Fsp3) is 0.600. The number of hydrogen-bond donors (Lipinski definition) is 1. The summed E-state index contributed by atoms with van der Waals surface area (Å²) in [7, 11) is 0. The monoisotopic (exact) mass is 372 g/mol. The zero-order valence-electron chi connectivity index (χ0n) is 12.6. The molecule has 2 rings (SSSR count). The van der Waals surface area contributed by atoms with Crippen LogP contribution in [0.4, 0.5) is 4.79 Å². The molecule has 0 aromatic carbocycles. The molecule has 1 saturated heterocycles. The molecule has 7 heteroatoms. The van der Waals surface area contributed by atoms with Crippen LogP contribution >= 0.6 is 15.9 Å². The predicted octanol–water partition coefficient (Wildman–Crippen LogP) is 3.17. The fourth-order valence-corrected chi connectivity index (χ4v) is 2.64. The summed E-state index contributed by atoms with van der Waals surface area (Å²) in [4.78, 5) is 25.5. The Morgan fingerprint density at radius 1 is 1.41 bits per heavy atom. The van der Waals surface area contributed by atoms with E-state index in [1.54, 1.807) is 17.0 Å². The van der Waals surface area contributed by atoms with E-state index in [4.69, 9.17) is 9.15 Å². The van der Waals surface area contributed by atoms with Crippen LogP contribution in [0, 0.1) is 0 Å². The summed E-state index contributed by atoms with van der Waals surface area (Å²) in [5, 5.41) is 2.85. The van der Waals surface area contributed by atoms with Crippen molar-refractivity contribution in [3.8, 4) is 0 Å². The van der Waals surface area contributed by atoms with E-state index in [1.807, 2.05) is 6.92 Å². The van der Waals surface area contributed by atoms with Crippen molar-refractivity contribution in [2.45, 2.75) is 38.6 Å². The van der Waals surface area contributed by atoms with Crippen molar-refractivity contribution in [3.05, 3.63) is 22.6 Å². The molecular weight excluding hydrogens is 352 g/mol. The fourth-order valence-electron chi connectivity index (χ4n) is 2.33. The molecule has 22 heavy (non-hydrogen) atoms. The van der Waals surface area contributed by atoms with Gasteiger partial charge in [-0.3, -0.25) is 4.79 Å². The van der Waals surface area contributed by atoms with E-state index in [0.29, 0.717) is 30.1 Å². The lowest BCUT2D eigenvalue weighted by Gasteiger charge is -2.31. The van der Waals surface area contributed by atoms with Gasteiger partial charge in [0.2, 0.25) is 0 Å². The normalized spacial score (nSPS) is 15.6. The molecule has 1 aliphatic heterocycles. The highest BCUT2D eigenvalue weighted by atomic mass is 79.9. The lowest BCUT2D eigenvalue weighted by Crippen LogP contribution is -2.46.